The van der Waals surface area contributed by atoms with E-state index in [1.54, 1.807) is 29.3 Å². The van der Waals surface area contributed by atoms with E-state index in [9.17, 15) is 9.59 Å². The summed E-state index contributed by atoms with van der Waals surface area (Å²) in [6.45, 7) is 3.57. The molecule has 4 heterocycles. The third-order valence-electron chi connectivity index (χ3n) is 5.42. The number of nitrogens with zero attached hydrogens (tertiary/aromatic N) is 5. The first-order chi connectivity index (χ1) is 15.7. The number of morpholine rings is 1. The first-order valence-corrected chi connectivity index (χ1v) is 10.4. The fraction of sp³-hybridized carbons (Fsp3) is 0.318. The number of carbonyl (C=O) groups excluding carboxylic acids is 2. The van der Waals surface area contributed by atoms with Crippen LogP contribution in [0.4, 0.5) is 5.82 Å². The lowest BCUT2D eigenvalue weighted by molar-refractivity contribution is -0.137. The number of amides is 2. The summed E-state index contributed by atoms with van der Waals surface area (Å²) >= 11 is 0. The van der Waals surface area contributed by atoms with E-state index in [1.807, 2.05) is 16.7 Å². The highest BCUT2D eigenvalue weighted by Crippen LogP contribution is 2.26. The van der Waals surface area contributed by atoms with Crippen LogP contribution in [0.2, 0.25) is 0 Å². The zero-order valence-corrected chi connectivity index (χ0v) is 17.4. The van der Waals surface area contributed by atoms with Crippen molar-refractivity contribution in [2.45, 2.75) is 6.54 Å². The molecule has 1 aromatic carbocycles. The van der Waals surface area contributed by atoms with Crippen molar-refractivity contribution in [1.82, 2.24) is 19.4 Å². The van der Waals surface area contributed by atoms with E-state index in [-0.39, 0.29) is 12.5 Å². The fourth-order valence-corrected chi connectivity index (χ4v) is 3.78. The molecule has 0 unspecified atom stereocenters. The van der Waals surface area contributed by atoms with Gasteiger partial charge in [-0.2, -0.15) is 4.99 Å². The number of fused-ring (bicyclic) bond motifs is 3. The summed E-state index contributed by atoms with van der Waals surface area (Å²) in [5.41, 5.74) is 1.33. The first kappa shape index (κ1) is 20.1. The second-order valence-electron chi connectivity index (χ2n) is 7.46. The molecular weight excluding hydrogens is 412 g/mol. The SMILES string of the molecule is O=C(N=c1nc2cc(OCC(=O)N3CCOCC3)ccc2c2n1CCN2)c1cccnc1. The Hall–Kier alpha value is -3.79. The maximum Gasteiger partial charge on any atom is 0.281 e. The topological polar surface area (TPSA) is 111 Å². The number of anilines is 1. The van der Waals surface area contributed by atoms with Crippen LogP contribution in [0.3, 0.4) is 0 Å². The molecule has 2 amide bonds. The van der Waals surface area contributed by atoms with E-state index in [0.29, 0.717) is 55.3 Å². The van der Waals surface area contributed by atoms with Gasteiger partial charge in [-0.3, -0.25) is 19.1 Å². The van der Waals surface area contributed by atoms with Gasteiger partial charge in [0.2, 0.25) is 5.62 Å². The normalized spacial score (nSPS) is 16.0. The number of ether oxygens (including phenoxy) is 2. The van der Waals surface area contributed by atoms with Crippen molar-refractivity contribution in [2.75, 3.05) is 44.8 Å². The Kier molecular flexibility index (Phi) is 5.51. The summed E-state index contributed by atoms with van der Waals surface area (Å²) in [6, 6.07) is 8.83. The van der Waals surface area contributed by atoms with Crippen LogP contribution in [0.5, 0.6) is 5.75 Å². The minimum atomic E-state index is -0.407. The third kappa shape index (κ3) is 4.04. The molecule has 3 aromatic rings. The van der Waals surface area contributed by atoms with Gasteiger partial charge in [0.1, 0.15) is 11.6 Å². The maximum absolute atomic E-state index is 12.6. The van der Waals surface area contributed by atoms with Crippen LogP contribution < -0.4 is 15.7 Å². The quantitative estimate of drug-likeness (QED) is 0.648. The van der Waals surface area contributed by atoms with Crippen LogP contribution in [0, 0.1) is 0 Å². The molecule has 2 aromatic heterocycles. The number of aromatic nitrogens is 3. The van der Waals surface area contributed by atoms with Gasteiger partial charge < -0.3 is 19.7 Å². The largest absolute Gasteiger partial charge is 0.484 e. The minimum Gasteiger partial charge on any atom is -0.484 e. The van der Waals surface area contributed by atoms with Crippen molar-refractivity contribution in [3.63, 3.8) is 0 Å². The Morgan fingerprint density at radius 1 is 1.19 bits per heavy atom. The van der Waals surface area contributed by atoms with E-state index in [1.165, 1.54) is 6.20 Å². The van der Waals surface area contributed by atoms with Crippen LogP contribution in [-0.2, 0) is 16.1 Å². The highest BCUT2D eigenvalue weighted by molar-refractivity contribution is 5.95. The Balaban J connectivity index is 1.44. The van der Waals surface area contributed by atoms with Crippen LogP contribution >= 0.6 is 0 Å². The van der Waals surface area contributed by atoms with Gasteiger partial charge in [0.05, 0.1) is 24.3 Å². The van der Waals surface area contributed by atoms with Crippen molar-refractivity contribution in [3.05, 3.63) is 53.9 Å². The Morgan fingerprint density at radius 2 is 2.06 bits per heavy atom. The number of carbonyl (C=O) groups is 2. The van der Waals surface area contributed by atoms with Crippen molar-refractivity contribution >= 4 is 28.5 Å². The zero-order valence-electron chi connectivity index (χ0n) is 17.4. The van der Waals surface area contributed by atoms with Crippen LogP contribution in [0.1, 0.15) is 10.4 Å². The van der Waals surface area contributed by atoms with Crippen LogP contribution in [0.25, 0.3) is 10.9 Å². The molecular formula is C22H22N6O4. The molecule has 32 heavy (non-hydrogen) atoms. The summed E-state index contributed by atoms with van der Waals surface area (Å²) in [7, 11) is 0. The van der Waals surface area contributed by atoms with Gasteiger partial charge >= 0.3 is 0 Å². The number of hydrogen-bond donors (Lipinski definition) is 1. The average Bonchev–Trinajstić information content (AvgIpc) is 3.34. The summed E-state index contributed by atoms with van der Waals surface area (Å²) < 4.78 is 12.9. The summed E-state index contributed by atoms with van der Waals surface area (Å²) in [5, 5.41) is 4.23. The molecule has 0 atom stereocenters. The van der Waals surface area contributed by atoms with Gasteiger partial charge in [-0.1, -0.05) is 0 Å². The number of pyridine rings is 1. The van der Waals surface area contributed by atoms with E-state index in [2.05, 4.69) is 20.3 Å². The standard InChI is InChI=1S/C22H22N6O4/c29-19(27-8-10-31-11-9-27)14-32-16-3-4-17-18(12-16)25-22(28-7-6-24-20(17)28)26-21(30)15-2-1-5-23-13-15/h1-5,12-13,24H,6-11,14H2. The molecule has 0 radical (unpaired) electrons. The van der Waals surface area contributed by atoms with Crippen molar-refractivity contribution < 1.29 is 19.1 Å². The van der Waals surface area contributed by atoms with Gasteiger partial charge in [-0.15, -0.1) is 0 Å². The Morgan fingerprint density at radius 3 is 2.88 bits per heavy atom. The molecule has 5 rings (SSSR count). The van der Waals surface area contributed by atoms with Gasteiger partial charge in [0.15, 0.2) is 6.61 Å². The van der Waals surface area contributed by atoms with Crippen molar-refractivity contribution in [1.29, 1.82) is 0 Å². The van der Waals surface area contributed by atoms with E-state index >= 15 is 0 Å². The van der Waals surface area contributed by atoms with Crippen LogP contribution in [0.15, 0.2) is 47.7 Å². The second kappa shape index (κ2) is 8.75. The molecule has 0 bridgehead atoms. The van der Waals surface area contributed by atoms with Gasteiger partial charge in [0, 0.05) is 50.0 Å². The zero-order chi connectivity index (χ0) is 21.9. The molecule has 0 saturated carbocycles. The molecule has 2 aliphatic rings. The summed E-state index contributed by atoms with van der Waals surface area (Å²) in [6.07, 6.45) is 3.08. The predicted molar refractivity (Wildman–Crippen MR) is 115 cm³/mol. The summed E-state index contributed by atoms with van der Waals surface area (Å²) in [5.74, 6) is 0.892. The molecule has 10 nitrogen and oxygen atoms in total. The molecule has 10 heteroatoms. The molecule has 1 N–H and O–H groups in total. The van der Waals surface area contributed by atoms with Gasteiger partial charge in [-0.25, -0.2) is 4.98 Å². The Labute approximate surface area is 183 Å². The lowest BCUT2D eigenvalue weighted by atomic mass is 10.2. The number of rotatable bonds is 4. The van der Waals surface area contributed by atoms with Gasteiger partial charge in [-0.05, 0) is 24.3 Å². The first-order valence-electron chi connectivity index (χ1n) is 10.4. The lowest BCUT2D eigenvalue weighted by Gasteiger charge is -2.26. The number of benzene rings is 1. The number of hydrogen-bond acceptors (Lipinski definition) is 7. The molecule has 0 aliphatic carbocycles. The van der Waals surface area contributed by atoms with E-state index < -0.39 is 5.91 Å². The van der Waals surface area contributed by atoms with Crippen molar-refractivity contribution in [2.24, 2.45) is 4.99 Å². The maximum atomic E-state index is 12.6. The molecule has 1 saturated heterocycles. The molecule has 2 aliphatic heterocycles. The molecule has 164 valence electrons. The van der Waals surface area contributed by atoms with Crippen molar-refractivity contribution in [3.8, 4) is 5.75 Å². The third-order valence-corrected chi connectivity index (χ3v) is 5.42. The fourth-order valence-electron chi connectivity index (χ4n) is 3.78. The highest BCUT2D eigenvalue weighted by atomic mass is 16.5. The van der Waals surface area contributed by atoms with Gasteiger partial charge in [0.25, 0.3) is 11.8 Å². The Bertz CT molecular complexity index is 1230. The smallest absolute Gasteiger partial charge is 0.281 e. The van der Waals surface area contributed by atoms with E-state index in [4.69, 9.17) is 9.47 Å². The highest BCUT2D eigenvalue weighted by Gasteiger charge is 2.19. The average molecular weight is 434 g/mol. The van der Waals surface area contributed by atoms with Crippen LogP contribution in [-0.4, -0.2) is 70.7 Å². The van der Waals surface area contributed by atoms with E-state index in [0.717, 1.165) is 17.7 Å². The minimum absolute atomic E-state index is 0.0554. The summed E-state index contributed by atoms with van der Waals surface area (Å²) in [4.78, 5) is 39.5. The number of nitrogens with one attached hydrogen (secondary N) is 1. The predicted octanol–water partition coefficient (Wildman–Crippen LogP) is 0.835. The molecule has 0 spiro atoms. The monoisotopic (exact) mass is 434 g/mol. The lowest BCUT2D eigenvalue weighted by Crippen LogP contribution is -2.42. The molecule has 1 fully saturated rings. The second-order valence-corrected chi connectivity index (χ2v) is 7.46.